The van der Waals surface area contributed by atoms with Gasteiger partial charge >= 0.3 is 0 Å². The van der Waals surface area contributed by atoms with Gasteiger partial charge in [0.1, 0.15) is 0 Å². The van der Waals surface area contributed by atoms with Crippen LogP contribution in [-0.2, 0) is 19.2 Å². The first-order chi connectivity index (χ1) is 19.6. The van der Waals surface area contributed by atoms with Gasteiger partial charge in [-0.25, -0.2) is 0 Å². The van der Waals surface area contributed by atoms with Crippen LogP contribution in [0, 0.1) is 27.9 Å². The SMILES string of the molecule is CCOc1cccc([C@H]2C3=CC[C@@H]4C(=O)N(c5ccc([N+](=O)[O-])cc5)C(=O)[C@@H]4[C@@H]3CC3=C2C(=O)C(C)=CC3=O)c1O. The largest absolute Gasteiger partial charge is 0.504 e. The van der Waals surface area contributed by atoms with Crippen molar-refractivity contribution >= 4 is 34.8 Å². The molecule has 1 aliphatic heterocycles. The number of non-ortho nitro benzene ring substituents is 1. The number of fused-ring (bicyclic) bond motifs is 3. The number of rotatable bonds is 5. The predicted octanol–water partition coefficient (Wildman–Crippen LogP) is 4.33. The second-order valence-electron chi connectivity index (χ2n) is 10.6. The number of allylic oxidation sites excluding steroid dienone is 6. The zero-order valence-corrected chi connectivity index (χ0v) is 22.3. The maximum Gasteiger partial charge on any atom is 0.269 e. The molecule has 2 aromatic rings. The van der Waals surface area contributed by atoms with Crippen LogP contribution >= 0.6 is 0 Å². The molecule has 0 saturated carbocycles. The summed E-state index contributed by atoms with van der Waals surface area (Å²) in [6.45, 7) is 3.67. The molecule has 0 bridgehead atoms. The number of ether oxygens (including phenoxy) is 1. The Morgan fingerprint density at radius 3 is 2.46 bits per heavy atom. The van der Waals surface area contributed by atoms with Gasteiger partial charge in [-0.05, 0) is 56.9 Å². The number of hydrogen-bond donors (Lipinski definition) is 1. The molecule has 0 radical (unpaired) electrons. The first-order valence-corrected chi connectivity index (χ1v) is 13.4. The number of phenolic OH excluding ortho intramolecular Hbond substituents is 1. The summed E-state index contributed by atoms with van der Waals surface area (Å²) >= 11 is 0. The third kappa shape index (κ3) is 3.93. The Hall–Kier alpha value is -4.86. The van der Waals surface area contributed by atoms with E-state index in [1.807, 2.05) is 6.08 Å². The number of anilines is 1. The Morgan fingerprint density at radius 1 is 1.05 bits per heavy atom. The molecule has 4 atom stereocenters. The molecule has 208 valence electrons. The van der Waals surface area contributed by atoms with Crippen molar-refractivity contribution in [2.45, 2.75) is 32.6 Å². The lowest BCUT2D eigenvalue weighted by molar-refractivity contribution is -0.384. The highest BCUT2D eigenvalue weighted by atomic mass is 16.6. The van der Waals surface area contributed by atoms with Gasteiger partial charge < -0.3 is 9.84 Å². The molecule has 6 rings (SSSR count). The summed E-state index contributed by atoms with van der Waals surface area (Å²) < 4.78 is 5.60. The molecule has 41 heavy (non-hydrogen) atoms. The Labute approximate surface area is 234 Å². The molecule has 2 aromatic carbocycles. The Balaban J connectivity index is 1.47. The number of Topliss-reactive ketones (excluding diaryl/α,β-unsaturated/α-hetero) is 1. The molecule has 1 saturated heterocycles. The van der Waals surface area contributed by atoms with Crippen molar-refractivity contribution in [3.63, 3.8) is 0 Å². The average molecular weight is 555 g/mol. The Bertz CT molecular complexity index is 1650. The normalized spacial score (nSPS) is 25.4. The van der Waals surface area contributed by atoms with Crippen LogP contribution in [0.15, 0.2) is 76.9 Å². The van der Waals surface area contributed by atoms with Gasteiger partial charge in [-0.1, -0.05) is 23.8 Å². The fraction of sp³-hybridized carbons (Fsp3) is 0.290. The number of aromatic hydroxyl groups is 1. The first-order valence-electron chi connectivity index (χ1n) is 13.4. The average Bonchev–Trinajstić information content (AvgIpc) is 3.21. The van der Waals surface area contributed by atoms with Gasteiger partial charge in [0.2, 0.25) is 11.8 Å². The first kappa shape index (κ1) is 26.4. The minimum Gasteiger partial charge on any atom is -0.504 e. The van der Waals surface area contributed by atoms with Gasteiger partial charge in [0.15, 0.2) is 23.1 Å². The number of para-hydroxylation sites is 1. The molecule has 10 heteroatoms. The van der Waals surface area contributed by atoms with Gasteiger partial charge in [0, 0.05) is 40.3 Å². The highest BCUT2D eigenvalue weighted by Gasteiger charge is 2.57. The van der Waals surface area contributed by atoms with Gasteiger partial charge in [-0.2, -0.15) is 0 Å². The number of carbonyl (C=O) groups is 4. The van der Waals surface area contributed by atoms with E-state index in [-0.39, 0.29) is 58.4 Å². The Kier molecular flexibility index (Phi) is 6.21. The Morgan fingerprint density at radius 2 is 1.78 bits per heavy atom. The molecule has 1 fully saturated rings. The lowest BCUT2D eigenvalue weighted by atomic mass is 9.59. The summed E-state index contributed by atoms with van der Waals surface area (Å²) in [5.74, 6) is -4.28. The second kappa shape index (κ2) is 9.65. The molecular weight excluding hydrogens is 528 g/mol. The van der Waals surface area contributed by atoms with E-state index in [0.29, 0.717) is 23.3 Å². The standard InChI is InChI=1S/C31H26N2O8/c1-3-41-24-6-4-5-19(29(24)36)25-18-11-12-20-26(21(18)14-22-23(34)13-15(2)28(35)27(22)25)31(38)32(30(20)37)16-7-9-17(10-8-16)33(39)40/h4-11,13,20-21,25-26,36H,3,12,14H2,1-2H3/t20-,21+,25+,26-/m0/s1. The number of nitro groups is 1. The van der Waals surface area contributed by atoms with Crippen molar-refractivity contribution in [1.29, 1.82) is 0 Å². The zero-order chi connectivity index (χ0) is 29.2. The van der Waals surface area contributed by atoms with E-state index in [1.165, 1.54) is 30.3 Å². The molecule has 0 spiro atoms. The second-order valence-corrected chi connectivity index (χ2v) is 10.6. The van der Waals surface area contributed by atoms with Gasteiger partial charge in [0.05, 0.1) is 29.1 Å². The third-order valence-electron chi connectivity index (χ3n) is 8.52. The van der Waals surface area contributed by atoms with E-state index in [0.717, 1.165) is 4.90 Å². The maximum absolute atomic E-state index is 13.9. The summed E-state index contributed by atoms with van der Waals surface area (Å²) in [6, 6.07) is 10.2. The molecule has 4 aliphatic rings. The van der Waals surface area contributed by atoms with Crippen molar-refractivity contribution in [2.75, 3.05) is 11.5 Å². The number of amides is 2. The van der Waals surface area contributed by atoms with E-state index in [4.69, 9.17) is 4.74 Å². The molecule has 10 nitrogen and oxygen atoms in total. The van der Waals surface area contributed by atoms with Crippen LogP contribution < -0.4 is 9.64 Å². The molecular formula is C31H26N2O8. The lowest BCUT2D eigenvalue weighted by Gasteiger charge is -2.42. The van der Waals surface area contributed by atoms with E-state index in [1.54, 1.807) is 32.0 Å². The number of nitro benzene ring substituents is 1. The molecule has 3 aliphatic carbocycles. The van der Waals surface area contributed by atoms with Crippen LogP contribution in [0.1, 0.15) is 38.2 Å². The molecule has 0 aromatic heterocycles. The fourth-order valence-corrected chi connectivity index (χ4v) is 6.74. The van der Waals surface area contributed by atoms with Crippen molar-refractivity contribution in [3.8, 4) is 11.5 Å². The fourth-order valence-electron chi connectivity index (χ4n) is 6.74. The zero-order valence-electron chi connectivity index (χ0n) is 22.3. The van der Waals surface area contributed by atoms with E-state index in [2.05, 4.69) is 0 Å². The molecule has 1 heterocycles. The molecule has 1 N–H and O–H groups in total. The van der Waals surface area contributed by atoms with Crippen molar-refractivity contribution < 1.29 is 33.9 Å². The number of ketones is 2. The number of benzene rings is 2. The maximum atomic E-state index is 13.9. The number of imide groups is 1. The van der Waals surface area contributed by atoms with Crippen LogP contribution in [0.4, 0.5) is 11.4 Å². The third-order valence-corrected chi connectivity index (χ3v) is 8.52. The van der Waals surface area contributed by atoms with E-state index >= 15 is 0 Å². The predicted molar refractivity (Wildman–Crippen MR) is 146 cm³/mol. The summed E-state index contributed by atoms with van der Waals surface area (Å²) in [7, 11) is 0. The monoisotopic (exact) mass is 554 g/mol. The van der Waals surface area contributed by atoms with Gasteiger partial charge in [0.25, 0.3) is 5.69 Å². The van der Waals surface area contributed by atoms with E-state index < -0.39 is 40.4 Å². The summed E-state index contributed by atoms with van der Waals surface area (Å²) in [5.41, 5.74) is 2.02. The van der Waals surface area contributed by atoms with E-state index in [9.17, 15) is 34.4 Å². The number of carbonyl (C=O) groups excluding carboxylic acids is 4. The van der Waals surface area contributed by atoms with Crippen LogP contribution in [0.3, 0.4) is 0 Å². The van der Waals surface area contributed by atoms with Crippen LogP contribution in [-0.4, -0.2) is 40.0 Å². The topological polar surface area (TPSA) is 144 Å². The number of hydrogen-bond acceptors (Lipinski definition) is 8. The minimum atomic E-state index is -0.804. The van der Waals surface area contributed by atoms with Crippen molar-refractivity contribution in [1.82, 2.24) is 0 Å². The van der Waals surface area contributed by atoms with Gasteiger partial charge in [-0.15, -0.1) is 0 Å². The van der Waals surface area contributed by atoms with Crippen LogP contribution in [0.25, 0.3) is 0 Å². The highest BCUT2D eigenvalue weighted by molar-refractivity contribution is 6.25. The molecule has 2 amide bonds. The van der Waals surface area contributed by atoms with Crippen molar-refractivity contribution in [2.24, 2.45) is 17.8 Å². The number of phenols is 1. The minimum absolute atomic E-state index is 0.103. The van der Waals surface area contributed by atoms with Crippen LogP contribution in [0.5, 0.6) is 11.5 Å². The summed E-state index contributed by atoms with van der Waals surface area (Å²) in [6.07, 6.45) is 3.50. The number of nitrogens with zero attached hydrogens (tertiary/aromatic N) is 2. The van der Waals surface area contributed by atoms with Gasteiger partial charge in [-0.3, -0.25) is 34.2 Å². The smallest absolute Gasteiger partial charge is 0.269 e. The van der Waals surface area contributed by atoms with Crippen molar-refractivity contribution in [3.05, 3.63) is 92.6 Å². The molecule has 0 unspecified atom stereocenters. The lowest BCUT2D eigenvalue weighted by Crippen LogP contribution is -2.39. The summed E-state index contributed by atoms with van der Waals surface area (Å²) in [5, 5.41) is 22.3. The quantitative estimate of drug-likeness (QED) is 0.189. The van der Waals surface area contributed by atoms with Crippen LogP contribution in [0.2, 0.25) is 0 Å². The summed E-state index contributed by atoms with van der Waals surface area (Å²) in [4.78, 5) is 65.9. The highest BCUT2D eigenvalue weighted by Crippen LogP contribution is 2.57.